The molecule has 0 aliphatic carbocycles. The van der Waals surface area contributed by atoms with E-state index >= 15 is 0 Å². The van der Waals surface area contributed by atoms with Gasteiger partial charge in [-0.3, -0.25) is 4.79 Å². The molecule has 1 N–H and O–H groups in total. The van der Waals surface area contributed by atoms with Crippen LogP contribution in [0.2, 0.25) is 0 Å². The molecule has 2 atom stereocenters. The number of amides is 1. The van der Waals surface area contributed by atoms with Crippen LogP contribution >= 0.6 is 10.7 Å². The van der Waals surface area contributed by atoms with Crippen molar-refractivity contribution in [1.29, 1.82) is 0 Å². The molecular formula is C12H16ClNO5S. The van der Waals surface area contributed by atoms with Crippen LogP contribution in [0.25, 0.3) is 0 Å². The molecule has 1 aliphatic heterocycles. The van der Waals surface area contributed by atoms with Gasteiger partial charge in [-0.2, -0.15) is 0 Å². The smallest absolute Gasteiger partial charge is 0.287 e. The van der Waals surface area contributed by atoms with Crippen molar-refractivity contribution in [3.05, 3.63) is 17.6 Å². The minimum atomic E-state index is -3.91. The van der Waals surface area contributed by atoms with Crippen molar-refractivity contribution in [3.63, 3.8) is 0 Å². The third-order valence-electron chi connectivity index (χ3n) is 3.39. The molecule has 6 nitrogen and oxygen atoms in total. The van der Waals surface area contributed by atoms with Crippen LogP contribution in [0, 0.1) is 12.8 Å². The second-order valence-corrected chi connectivity index (χ2v) is 7.39. The van der Waals surface area contributed by atoms with Crippen molar-refractivity contribution in [2.75, 3.05) is 13.2 Å². The molecule has 2 unspecified atom stereocenters. The molecule has 1 saturated heterocycles. The molecule has 0 spiro atoms. The summed E-state index contributed by atoms with van der Waals surface area (Å²) in [4.78, 5) is 11.8. The number of ether oxygens (including phenoxy) is 1. The number of aryl methyl sites for hydroxylation is 1. The first-order valence-corrected chi connectivity index (χ1v) is 8.53. The van der Waals surface area contributed by atoms with Crippen LogP contribution in [0.5, 0.6) is 0 Å². The first kappa shape index (κ1) is 15.3. The zero-order valence-corrected chi connectivity index (χ0v) is 12.8. The van der Waals surface area contributed by atoms with E-state index in [9.17, 15) is 13.2 Å². The van der Waals surface area contributed by atoms with Gasteiger partial charge in [0.1, 0.15) is 10.7 Å². The van der Waals surface area contributed by atoms with Gasteiger partial charge in [0.25, 0.3) is 15.0 Å². The molecule has 1 aromatic rings. The predicted octanol–water partition coefficient (Wildman–Crippen LogP) is 1.67. The van der Waals surface area contributed by atoms with Crippen LogP contribution in [0.1, 0.15) is 29.7 Å². The molecule has 0 saturated carbocycles. The van der Waals surface area contributed by atoms with Crippen LogP contribution in [0.15, 0.2) is 15.4 Å². The lowest BCUT2D eigenvalue weighted by molar-refractivity contribution is 0.0893. The summed E-state index contributed by atoms with van der Waals surface area (Å²) in [7, 11) is 1.34. The fourth-order valence-electron chi connectivity index (χ4n) is 2.16. The van der Waals surface area contributed by atoms with Crippen molar-refractivity contribution in [2.24, 2.45) is 5.92 Å². The highest BCUT2D eigenvalue weighted by Crippen LogP contribution is 2.24. The summed E-state index contributed by atoms with van der Waals surface area (Å²) in [5, 5.41) is 2.78. The van der Waals surface area contributed by atoms with Gasteiger partial charge in [-0.05, 0) is 20.3 Å². The van der Waals surface area contributed by atoms with Gasteiger partial charge in [0.15, 0.2) is 5.76 Å². The summed E-state index contributed by atoms with van der Waals surface area (Å²) in [6.07, 6.45) is 0.889. The molecule has 1 aliphatic rings. The Hall–Kier alpha value is -1.05. The second-order valence-electron chi connectivity index (χ2n) is 4.85. The number of carbonyl (C=O) groups is 1. The number of furan rings is 1. The van der Waals surface area contributed by atoms with E-state index in [1.165, 1.54) is 6.92 Å². The lowest BCUT2D eigenvalue weighted by Gasteiger charge is -2.18. The highest BCUT2D eigenvalue weighted by atomic mass is 35.7. The zero-order valence-electron chi connectivity index (χ0n) is 11.2. The molecule has 1 aromatic heterocycles. The Bertz CT molecular complexity index is 603. The maximum Gasteiger partial charge on any atom is 0.287 e. The molecule has 20 heavy (non-hydrogen) atoms. The number of hydrogen-bond donors (Lipinski definition) is 1. The molecule has 0 aromatic carbocycles. The fourth-order valence-corrected chi connectivity index (χ4v) is 3.25. The van der Waals surface area contributed by atoms with Crippen LogP contribution in [-0.4, -0.2) is 33.6 Å². The average Bonchev–Trinajstić information content (AvgIpc) is 2.95. The summed E-state index contributed by atoms with van der Waals surface area (Å²) >= 11 is 0. The summed E-state index contributed by atoms with van der Waals surface area (Å²) in [6.45, 7) is 4.63. The minimum Gasteiger partial charge on any atom is -0.455 e. The standard InChI is InChI=1S/C12H16ClNO5S/c1-7(9-3-4-18-6-9)14-12(15)10-5-11(8(2)19-10)20(13,16)17/h5,7,9H,3-4,6H2,1-2H3,(H,14,15). The number of rotatable bonds is 4. The van der Waals surface area contributed by atoms with Gasteiger partial charge in [0.05, 0.1) is 6.61 Å². The summed E-state index contributed by atoms with van der Waals surface area (Å²) in [5.74, 6) is -0.167. The van der Waals surface area contributed by atoms with Crippen LogP contribution < -0.4 is 5.32 Å². The van der Waals surface area contributed by atoms with Gasteiger partial charge in [-0.1, -0.05) is 0 Å². The van der Waals surface area contributed by atoms with Gasteiger partial charge >= 0.3 is 0 Å². The van der Waals surface area contributed by atoms with Gasteiger partial charge in [0.2, 0.25) is 0 Å². The van der Waals surface area contributed by atoms with Crippen molar-refractivity contribution in [1.82, 2.24) is 5.32 Å². The predicted molar refractivity (Wildman–Crippen MR) is 72.3 cm³/mol. The number of halogens is 1. The van der Waals surface area contributed by atoms with Crippen LogP contribution in [0.3, 0.4) is 0 Å². The van der Waals surface area contributed by atoms with E-state index in [0.717, 1.165) is 12.5 Å². The summed E-state index contributed by atoms with van der Waals surface area (Å²) < 4.78 is 33.0. The highest BCUT2D eigenvalue weighted by molar-refractivity contribution is 8.13. The molecule has 1 fully saturated rings. The molecule has 2 heterocycles. The minimum absolute atomic E-state index is 0.0625. The number of hydrogen-bond acceptors (Lipinski definition) is 5. The largest absolute Gasteiger partial charge is 0.455 e. The summed E-state index contributed by atoms with van der Waals surface area (Å²) in [6, 6.07) is 1.07. The van der Waals surface area contributed by atoms with Crippen LogP contribution in [-0.2, 0) is 13.8 Å². The zero-order chi connectivity index (χ0) is 14.9. The summed E-state index contributed by atoms with van der Waals surface area (Å²) in [5.41, 5.74) is 0. The molecule has 0 bridgehead atoms. The Labute approximate surface area is 121 Å². The Morgan fingerprint density at radius 1 is 1.55 bits per heavy atom. The monoisotopic (exact) mass is 321 g/mol. The van der Waals surface area contributed by atoms with Gasteiger partial charge in [0, 0.05) is 35.3 Å². The molecular weight excluding hydrogens is 306 g/mol. The van der Waals surface area contributed by atoms with E-state index in [1.54, 1.807) is 0 Å². The molecule has 1 amide bonds. The van der Waals surface area contributed by atoms with Gasteiger partial charge in [-0.15, -0.1) is 0 Å². The Morgan fingerprint density at radius 2 is 2.25 bits per heavy atom. The van der Waals surface area contributed by atoms with E-state index in [1.807, 2.05) is 6.92 Å². The van der Waals surface area contributed by atoms with E-state index in [2.05, 4.69) is 5.32 Å². The topological polar surface area (TPSA) is 85.6 Å². The quantitative estimate of drug-likeness (QED) is 0.853. The maximum absolute atomic E-state index is 12.0. The number of nitrogens with one attached hydrogen (secondary N) is 1. The van der Waals surface area contributed by atoms with Crippen LogP contribution in [0.4, 0.5) is 0 Å². The van der Waals surface area contributed by atoms with Crippen molar-refractivity contribution >= 4 is 25.6 Å². The average molecular weight is 322 g/mol. The SMILES string of the molecule is Cc1oc(C(=O)NC(C)C2CCOC2)cc1S(=O)(=O)Cl. The lowest BCUT2D eigenvalue weighted by atomic mass is 10.0. The van der Waals surface area contributed by atoms with E-state index in [4.69, 9.17) is 19.8 Å². The molecule has 112 valence electrons. The normalized spacial score (nSPS) is 20.9. The van der Waals surface area contributed by atoms with Crippen molar-refractivity contribution in [3.8, 4) is 0 Å². The van der Waals surface area contributed by atoms with E-state index in [-0.39, 0.29) is 28.4 Å². The Morgan fingerprint density at radius 3 is 2.75 bits per heavy atom. The highest BCUT2D eigenvalue weighted by Gasteiger charge is 2.26. The number of carbonyl (C=O) groups excluding carboxylic acids is 1. The van der Waals surface area contributed by atoms with E-state index < -0.39 is 15.0 Å². The first-order chi connectivity index (χ1) is 9.29. The molecule has 2 rings (SSSR count). The van der Waals surface area contributed by atoms with Crippen molar-refractivity contribution in [2.45, 2.75) is 31.2 Å². The molecule has 8 heteroatoms. The maximum atomic E-state index is 12.0. The van der Waals surface area contributed by atoms with E-state index in [0.29, 0.717) is 13.2 Å². The first-order valence-electron chi connectivity index (χ1n) is 6.22. The fraction of sp³-hybridized carbons (Fsp3) is 0.583. The van der Waals surface area contributed by atoms with Gasteiger partial charge < -0.3 is 14.5 Å². The third-order valence-corrected chi connectivity index (χ3v) is 4.82. The molecule has 0 radical (unpaired) electrons. The third kappa shape index (κ3) is 3.34. The lowest BCUT2D eigenvalue weighted by Crippen LogP contribution is -2.38. The Balaban J connectivity index is 2.10. The Kier molecular flexibility index (Phi) is 4.41. The second kappa shape index (κ2) is 5.75. The van der Waals surface area contributed by atoms with Gasteiger partial charge in [-0.25, -0.2) is 8.42 Å². The van der Waals surface area contributed by atoms with Crippen molar-refractivity contribution < 1.29 is 22.4 Å².